The fourth-order valence-electron chi connectivity index (χ4n) is 3.11. The van der Waals surface area contributed by atoms with Crippen LogP contribution in [0.1, 0.15) is 11.1 Å². The van der Waals surface area contributed by atoms with Gasteiger partial charge < -0.3 is 9.84 Å². The highest BCUT2D eigenvalue weighted by Gasteiger charge is 2.34. The zero-order valence-electron chi connectivity index (χ0n) is 16.5. The van der Waals surface area contributed by atoms with Gasteiger partial charge in [0.05, 0.1) is 5.69 Å². The van der Waals surface area contributed by atoms with Crippen molar-refractivity contribution in [3.05, 3.63) is 89.5 Å². The SMILES string of the molecule is Cc1ccc(/C=C2\C(=O)NC(=S)N(c3ccc(Oc4ccccc4)cc3)C2=O)c(O)c1. The predicted octanol–water partition coefficient (Wildman–Crippen LogP) is 4.32. The first-order valence-corrected chi connectivity index (χ1v) is 9.87. The number of carbonyl (C=O) groups excluding carboxylic acids is 2. The van der Waals surface area contributed by atoms with Gasteiger partial charge in [-0.2, -0.15) is 0 Å². The second kappa shape index (κ2) is 8.41. The summed E-state index contributed by atoms with van der Waals surface area (Å²) in [5.41, 5.74) is 1.58. The molecule has 3 aromatic rings. The van der Waals surface area contributed by atoms with E-state index in [9.17, 15) is 14.7 Å². The van der Waals surface area contributed by atoms with Crippen LogP contribution in [0.2, 0.25) is 0 Å². The number of aryl methyl sites for hydroxylation is 1. The van der Waals surface area contributed by atoms with Crippen molar-refractivity contribution in [2.24, 2.45) is 0 Å². The van der Waals surface area contributed by atoms with Crippen LogP contribution in [0.25, 0.3) is 6.08 Å². The highest BCUT2D eigenvalue weighted by molar-refractivity contribution is 7.80. The van der Waals surface area contributed by atoms with Gasteiger partial charge in [-0.15, -0.1) is 0 Å². The number of hydrogen-bond acceptors (Lipinski definition) is 5. The number of amides is 2. The Bertz CT molecular complexity index is 1200. The van der Waals surface area contributed by atoms with E-state index in [1.54, 1.807) is 42.5 Å². The van der Waals surface area contributed by atoms with Gasteiger partial charge in [0.2, 0.25) is 0 Å². The van der Waals surface area contributed by atoms with Gasteiger partial charge in [0.15, 0.2) is 5.11 Å². The predicted molar refractivity (Wildman–Crippen MR) is 122 cm³/mol. The molecule has 0 spiro atoms. The Balaban J connectivity index is 1.62. The van der Waals surface area contributed by atoms with Gasteiger partial charge >= 0.3 is 0 Å². The van der Waals surface area contributed by atoms with E-state index < -0.39 is 11.8 Å². The molecule has 1 heterocycles. The molecule has 4 rings (SSSR count). The molecule has 0 atom stereocenters. The summed E-state index contributed by atoms with van der Waals surface area (Å²) in [6.07, 6.45) is 1.36. The van der Waals surface area contributed by atoms with Gasteiger partial charge in [0.25, 0.3) is 11.8 Å². The van der Waals surface area contributed by atoms with Crippen LogP contribution < -0.4 is 15.0 Å². The summed E-state index contributed by atoms with van der Waals surface area (Å²) in [7, 11) is 0. The number of thiocarbonyl (C=S) groups is 1. The first kappa shape index (κ1) is 20.3. The molecule has 0 aliphatic carbocycles. The van der Waals surface area contributed by atoms with Crippen molar-refractivity contribution in [2.45, 2.75) is 6.92 Å². The summed E-state index contributed by atoms with van der Waals surface area (Å²) < 4.78 is 5.77. The van der Waals surface area contributed by atoms with Crippen molar-refractivity contribution in [3.63, 3.8) is 0 Å². The van der Waals surface area contributed by atoms with E-state index in [0.29, 0.717) is 22.7 Å². The molecular weight excluding hydrogens is 412 g/mol. The molecule has 0 bridgehead atoms. The lowest BCUT2D eigenvalue weighted by Gasteiger charge is -2.29. The van der Waals surface area contributed by atoms with Gasteiger partial charge in [0.1, 0.15) is 22.8 Å². The number of carbonyl (C=O) groups is 2. The van der Waals surface area contributed by atoms with Crippen molar-refractivity contribution in [1.29, 1.82) is 0 Å². The number of hydrogen-bond donors (Lipinski definition) is 2. The summed E-state index contributed by atoms with van der Waals surface area (Å²) in [5, 5.41) is 12.7. The van der Waals surface area contributed by atoms with Crippen molar-refractivity contribution in [1.82, 2.24) is 5.32 Å². The first-order valence-electron chi connectivity index (χ1n) is 9.46. The molecule has 154 valence electrons. The molecule has 0 radical (unpaired) electrons. The van der Waals surface area contributed by atoms with E-state index >= 15 is 0 Å². The standard InChI is InChI=1S/C24H18N2O4S/c1-15-7-8-16(21(27)13-15)14-20-22(28)25-24(31)26(23(20)29)17-9-11-19(12-10-17)30-18-5-3-2-4-6-18/h2-14,27H,1H3,(H,25,28,31)/b20-14+. The van der Waals surface area contributed by atoms with Crippen LogP contribution in [-0.4, -0.2) is 22.0 Å². The van der Waals surface area contributed by atoms with Crippen LogP contribution in [-0.2, 0) is 9.59 Å². The van der Waals surface area contributed by atoms with Gasteiger partial charge in [-0.3, -0.25) is 19.8 Å². The summed E-state index contributed by atoms with van der Waals surface area (Å²) in [4.78, 5) is 26.8. The molecule has 2 N–H and O–H groups in total. The number of benzene rings is 3. The van der Waals surface area contributed by atoms with Crippen LogP contribution in [0.3, 0.4) is 0 Å². The third-order valence-electron chi connectivity index (χ3n) is 4.66. The maximum Gasteiger partial charge on any atom is 0.270 e. The highest BCUT2D eigenvalue weighted by Crippen LogP contribution is 2.28. The molecule has 0 aromatic heterocycles. The Labute approximate surface area is 184 Å². The molecule has 0 saturated carbocycles. The average molecular weight is 430 g/mol. The fraction of sp³-hybridized carbons (Fsp3) is 0.0417. The average Bonchev–Trinajstić information content (AvgIpc) is 2.74. The Hall–Kier alpha value is -3.97. The number of para-hydroxylation sites is 1. The normalized spacial score (nSPS) is 15.2. The van der Waals surface area contributed by atoms with Crippen molar-refractivity contribution in [3.8, 4) is 17.2 Å². The van der Waals surface area contributed by atoms with Crippen LogP contribution >= 0.6 is 12.2 Å². The second-order valence-electron chi connectivity index (χ2n) is 6.93. The first-order chi connectivity index (χ1) is 14.9. The molecular formula is C24H18N2O4S. The monoisotopic (exact) mass is 430 g/mol. The van der Waals surface area contributed by atoms with E-state index in [1.165, 1.54) is 11.0 Å². The zero-order chi connectivity index (χ0) is 22.0. The smallest absolute Gasteiger partial charge is 0.270 e. The topological polar surface area (TPSA) is 78.9 Å². The summed E-state index contributed by atoms with van der Waals surface area (Å²) in [6, 6.07) is 21.1. The largest absolute Gasteiger partial charge is 0.507 e. The number of aromatic hydroxyl groups is 1. The number of anilines is 1. The Morgan fingerprint density at radius 3 is 2.32 bits per heavy atom. The van der Waals surface area contributed by atoms with Crippen molar-refractivity contribution in [2.75, 3.05) is 4.90 Å². The van der Waals surface area contributed by atoms with Crippen LogP contribution in [0.15, 0.2) is 78.4 Å². The van der Waals surface area contributed by atoms with Crippen LogP contribution in [0.4, 0.5) is 5.69 Å². The third-order valence-corrected chi connectivity index (χ3v) is 4.95. The number of phenolic OH excluding ortho intramolecular Hbond substituents is 1. The minimum absolute atomic E-state index is 0.0167. The number of nitrogens with zero attached hydrogens (tertiary/aromatic N) is 1. The van der Waals surface area contributed by atoms with Crippen molar-refractivity contribution >= 4 is 40.9 Å². The maximum absolute atomic E-state index is 13.1. The lowest BCUT2D eigenvalue weighted by molar-refractivity contribution is -0.122. The van der Waals surface area contributed by atoms with Crippen LogP contribution in [0, 0.1) is 6.92 Å². The Morgan fingerprint density at radius 2 is 1.65 bits per heavy atom. The summed E-state index contributed by atoms with van der Waals surface area (Å²) in [5.74, 6) is 0.0702. The summed E-state index contributed by atoms with van der Waals surface area (Å²) >= 11 is 5.23. The Morgan fingerprint density at radius 1 is 0.968 bits per heavy atom. The molecule has 1 aliphatic rings. The number of phenols is 1. The minimum Gasteiger partial charge on any atom is -0.507 e. The molecule has 1 fully saturated rings. The molecule has 31 heavy (non-hydrogen) atoms. The lowest BCUT2D eigenvalue weighted by Crippen LogP contribution is -2.54. The molecule has 3 aromatic carbocycles. The number of nitrogens with one attached hydrogen (secondary N) is 1. The van der Waals surface area contributed by atoms with E-state index in [4.69, 9.17) is 17.0 Å². The third kappa shape index (κ3) is 4.31. The molecule has 7 heteroatoms. The van der Waals surface area contributed by atoms with Crippen LogP contribution in [0.5, 0.6) is 17.2 Å². The maximum atomic E-state index is 13.1. The van der Waals surface area contributed by atoms with E-state index in [2.05, 4.69) is 5.32 Å². The molecule has 0 unspecified atom stereocenters. The van der Waals surface area contributed by atoms with Gasteiger partial charge in [-0.05, 0) is 73.2 Å². The lowest BCUT2D eigenvalue weighted by atomic mass is 10.0. The van der Waals surface area contributed by atoms with E-state index in [-0.39, 0.29) is 16.4 Å². The van der Waals surface area contributed by atoms with E-state index in [0.717, 1.165) is 5.56 Å². The highest BCUT2D eigenvalue weighted by atomic mass is 32.1. The van der Waals surface area contributed by atoms with Crippen molar-refractivity contribution < 1.29 is 19.4 Å². The zero-order valence-corrected chi connectivity index (χ0v) is 17.3. The minimum atomic E-state index is -0.616. The number of ether oxygens (including phenoxy) is 1. The molecule has 6 nitrogen and oxygen atoms in total. The van der Waals surface area contributed by atoms with Gasteiger partial charge in [-0.25, -0.2) is 0 Å². The Kier molecular flexibility index (Phi) is 5.51. The molecule has 1 saturated heterocycles. The quantitative estimate of drug-likeness (QED) is 0.366. The van der Waals surface area contributed by atoms with E-state index in [1.807, 2.05) is 37.3 Å². The van der Waals surface area contributed by atoms with Gasteiger partial charge in [-0.1, -0.05) is 30.3 Å². The number of rotatable bonds is 4. The second-order valence-corrected chi connectivity index (χ2v) is 7.32. The molecule has 2 amide bonds. The molecule has 1 aliphatic heterocycles. The van der Waals surface area contributed by atoms with Gasteiger partial charge in [0, 0.05) is 5.56 Å². The fourth-order valence-corrected chi connectivity index (χ4v) is 3.39. The summed E-state index contributed by atoms with van der Waals surface area (Å²) in [6.45, 7) is 1.83.